The summed E-state index contributed by atoms with van der Waals surface area (Å²) in [7, 11) is 3.18. The minimum absolute atomic E-state index is 0.324. The van der Waals surface area contributed by atoms with Crippen molar-refractivity contribution in [2.24, 2.45) is 0 Å². The molecule has 2 rings (SSSR count). The van der Waals surface area contributed by atoms with Gasteiger partial charge in [0, 0.05) is 27.4 Å². The van der Waals surface area contributed by atoms with E-state index in [1.165, 1.54) is 5.56 Å². The lowest BCUT2D eigenvalue weighted by molar-refractivity contribution is 0.0209. The molecule has 0 saturated carbocycles. The van der Waals surface area contributed by atoms with Gasteiger partial charge in [0.1, 0.15) is 6.10 Å². The van der Waals surface area contributed by atoms with Crippen molar-refractivity contribution in [3.63, 3.8) is 0 Å². The van der Waals surface area contributed by atoms with Gasteiger partial charge < -0.3 is 24.1 Å². The molecule has 0 spiro atoms. The zero-order chi connectivity index (χ0) is 17.0. The van der Waals surface area contributed by atoms with Gasteiger partial charge in [-0.05, 0) is 18.4 Å². The van der Waals surface area contributed by atoms with Crippen molar-refractivity contribution < 1.29 is 18.7 Å². The largest absolute Gasteiger partial charge is 0.381 e. The molecule has 0 fully saturated rings. The standard InChI is InChI=1S/C17H25N3O4/c1-21-13-15(22-2)16-19-17(24-20-16)18-10-6-11-23-12-9-14-7-4-3-5-8-14/h3-5,7-8,15H,6,9-13H2,1-2H3,(H,18,19,20). The summed E-state index contributed by atoms with van der Waals surface area (Å²) in [6, 6.07) is 10.7. The van der Waals surface area contributed by atoms with Gasteiger partial charge in [0.05, 0.1) is 13.2 Å². The third-order valence-corrected chi connectivity index (χ3v) is 3.45. The first kappa shape index (κ1) is 18.4. The molecule has 2 aromatic rings. The zero-order valence-corrected chi connectivity index (χ0v) is 14.2. The molecule has 7 nitrogen and oxygen atoms in total. The number of aromatic nitrogens is 2. The maximum atomic E-state index is 5.63. The molecule has 1 atom stereocenters. The Morgan fingerprint density at radius 3 is 2.75 bits per heavy atom. The van der Waals surface area contributed by atoms with E-state index in [2.05, 4.69) is 27.6 Å². The van der Waals surface area contributed by atoms with Crippen molar-refractivity contribution in [2.45, 2.75) is 18.9 Å². The lowest BCUT2D eigenvalue weighted by atomic mass is 10.2. The second-order valence-corrected chi connectivity index (χ2v) is 5.27. The quantitative estimate of drug-likeness (QED) is 0.597. The molecule has 0 aliphatic carbocycles. The van der Waals surface area contributed by atoms with Gasteiger partial charge in [-0.2, -0.15) is 4.98 Å². The Kier molecular flexibility index (Phi) is 8.23. The minimum atomic E-state index is -0.324. The summed E-state index contributed by atoms with van der Waals surface area (Å²) in [5, 5.41) is 6.96. The molecule has 0 radical (unpaired) electrons. The number of hydrogen-bond acceptors (Lipinski definition) is 7. The fraction of sp³-hybridized carbons (Fsp3) is 0.529. The average molecular weight is 335 g/mol. The van der Waals surface area contributed by atoms with Crippen LogP contribution in [-0.4, -0.2) is 50.7 Å². The minimum Gasteiger partial charge on any atom is -0.381 e. The maximum absolute atomic E-state index is 5.63. The summed E-state index contributed by atoms with van der Waals surface area (Å²) in [5.41, 5.74) is 1.29. The van der Waals surface area contributed by atoms with E-state index < -0.39 is 0 Å². The van der Waals surface area contributed by atoms with Crippen LogP contribution < -0.4 is 5.32 Å². The molecule has 0 amide bonds. The molecule has 1 aromatic heterocycles. The Hall–Kier alpha value is -1.96. The van der Waals surface area contributed by atoms with Crippen molar-refractivity contribution in [1.29, 1.82) is 0 Å². The van der Waals surface area contributed by atoms with Crippen molar-refractivity contribution >= 4 is 6.01 Å². The van der Waals surface area contributed by atoms with E-state index in [-0.39, 0.29) is 6.10 Å². The second-order valence-electron chi connectivity index (χ2n) is 5.27. The summed E-state index contributed by atoms with van der Waals surface area (Å²) in [4.78, 5) is 4.24. The molecular formula is C17H25N3O4. The molecule has 132 valence electrons. The van der Waals surface area contributed by atoms with Gasteiger partial charge in [0.25, 0.3) is 0 Å². The summed E-state index contributed by atoms with van der Waals surface area (Å²) in [6.07, 6.45) is 1.47. The SMILES string of the molecule is COCC(OC)c1noc(NCCCOCCc2ccccc2)n1. The van der Waals surface area contributed by atoms with Gasteiger partial charge in [-0.1, -0.05) is 35.5 Å². The fourth-order valence-electron chi connectivity index (χ4n) is 2.14. The number of rotatable bonds is 12. The number of nitrogens with one attached hydrogen (secondary N) is 1. The Morgan fingerprint density at radius 2 is 2.00 bits per heavy atom. The van der Waals surface area contributed by atoms with E-state index in [0.717, 1.165) is 19.4 Å². The van der Waals surface area contributed by atoms with Crippen LogP contribution in [0.1, 0.15) is 23.9 Å². The first-order chi connectivity index (χ1) is 11.8. The highest BCUT2D eigenvalue weighted by atomic mass is 16.5. The number of hydrogen-bond donors (Lipinski definition) is 1. The molecule has 24 heavy (non-hydrogen) atoms. The molecule has 0 bridgehead atoms. The molecule has 0 saturated heterocycles. The van der Waals surface area contributed by atoms with Crippen molar-refractivity contribution in [3.8, 4) is 0 Å². The van der Waals surface area contributed by atoms with Gasteiger partial charge in [-0.3, -0.25) is 0 Å². The Morgan fingerprint density at radius 1 is 1.17 bits per heavy atom. The van der Waals surface area contributed by atoms with Crippen LogP contribution in [-0.2, 0) is 20.6 Å². The lowest BCUT2D eigenvalue weighted by Crippen LogP contribution is -2.11. The van der Waals surface area contributed by atoms with Crippen molar-refractivity contribution in [3.05, 3.63) is 41.7 Å². The number of anilines is 1. The number of ether oxygens (including phenoxy) is 3. The van der Waals surface area contributed by atoms with E-state index in [1.807, 2.05) is 18.2 Å². The van der Waals surface area contributed by atoms with Crippen LogP contribution in [0.15, 0.2) is 34.9 Å². The number of methoxy groups -OCH3 is 2. The van der Waals surface area contributed by atoms with E-state index >= 15 is 0 Å². The molecule has 0 aliphatic heterocycles. The topological polar surface area (TPSA) is 78.6 Å². The summed E-state index contributed by atoms with van der Waals surface area (Å²) >= 11 is 0. The van der Waals surface area contributed by atoms with E-state index in [0.29, 0.717) is 31.6 Å². The van der Waals surface area contributed by atoms with Gasteiger partial charge in [-0.15, -0.1) is 0 Å². The van der Waals surface area contributed by atoms with Crippen LogP contribution in [0.5, 0.6) is 0 Å². The molecule has 1 heterocycles. The van der Waals surface area contributed by atoms with Gasteiger partial charge in [-0.25, -0.2) is 0 Å². The molecular weight excluding hydrogens is 310 g/mol. The van der Waals surface area contributed by atoms with Crippen LogP contribution in [0.3, 0.4) is 0 Å². The van der Waals surface area contributed by atoms with Crippen molar-refractivity contribution in [1.82, 2.24) is 10.1 Å². The van der Waals surface area contributed by atoms with E-state index in [4.69, 9.17) is 18.7 Å². The second kappa shape index (κ2) is 10.7. The fourth-order valence-corrected chi connectivity index (χ4v) is 2.14. The highest BCUT2D eigenvalue weighted by Crippen LogP contribution is 2.15. The first-order valence-corrected chi connectivity index (χ1v) is 8.04. The number of benzene rings is 1. The molecule has 0 aliphatic rings. The summed E-state index contributed by atoms with van der Waals surface area (Å²) in [6.45, 7) is 2.49. The highest BCUT2D eigenvalue weighted by Gasteiger charge is 2.17. The van der Waals surface area contributed by atoms with Gasteiger partial charge >= 0.3 is 6.01 Å². The first-order valence-electron chi connectivity index (χ1n) is 8.04. The summed E-state index contributed by atoms with van der Waals surface area (Å²) < 4.78 is 21.0. The smallest absolute Gasteiger partial charge is 0.321 e. The van der Waals surface area contributed by atoms with Crippen LogP contribution in [0, 0.1) is 0 Å². The van der Waals surface area contributed by atoms with E-state index in [1.54, 1.807) is 14.2 Å². The maximum Gasteiger partial charge on any atom is 0.321 e. The van der Waals surface area contributed by atoms with Gasteiger partial charge in [0.15, 0.2) is 0 Å². The average Bonchev–Trinajstić information content (AvgIpc) is 3.08. The van der Waals surface area contributed by atoms with Crippen LogP contribution in [0.2, 0.25) is 0 Å². The molecule has 7 heteroatoms. The van der Waals surface area contributed by atoms with E-state index in [9.17, 15) is 0 Å². The number of nitrogens with zero attached hydrogens (tertiary/aromatic N) is 2. The molecule has 1 N–H and O–H groups in total. The summed E-state index contributed by atoms with van der Waals surface area (Å²) in [5.74, 6) is 0.473. The Bertz CT molecular complexity index is 562. The van der Waals surface area contributed by atoms with Crippen LogP contribution in [0.4, 0.5) is 6.01 Å². The molecule has 1 unspecified atom stereocenters. The normalized spacial score (nSPS) is 12.2. The Balaban J connectivity index is 1.57. The monoisotopic (exact) mass is 335 g/mol. The predicted octanol–water partition coefficient (Wildman–Crippen LogP) is 2.46. The van der Waals surface area contributed by atoms with Gasteiger partial charge in [0.2, 0.25) is 5.82 Å². The van der Waals surface area contributed by atoms with Crippen LogP contribution >= 0.6 is 0 Å². The van der Waals surface area contributed by atoms with Crippen molar-refractivity contribution in [2.75, 3.05) is 45.9 Å². The zero-order valence-electron chi connectivity index (χ0n) is 14.2. The highest BCUT2D eigenvalue weighted by molar-refractivity contribution is 5.18. The lowest BCUT2D eigenvalue weighted by Gasteiger charge is -2.08. The van der Waals surface area contributed by atoms with Crippen LogP contribution in [0.25, 0.3) is 0 Å². The Labute approximate surface area is 142 Å². The predicted molar refractivity (Wildman–Crippen MR) is 90.0 cm³/mol. The molecule has 1 aromatic carbocycles. The third-order valence-electron chi connectivity index (χ3n) is 3.45. The third kappa shape index (κ3) is 6.27.